The zero-order chi connectivity index (χ0) is 27.9. The van der Waals surface area contributed by atoms with Crippen molar-refractivity contribution in [2.75, 3.05) is 6.61 Å². The molecule has 0 aromatic heterocycles. The number of phenols is 1. The van der Waals surface area contributed by atoms with Crippen LogP contribution in [0, 0.1) is 0 Å². The highest BCUT2D eigenvalue weighted by atomic mass is 32.3. The minimum absolute atomic E-state index is 0.0692. The molecule has 0 saturated carbocycles. The molecule has 6 nitrogen and oxygen atoms in total. The van der Waals surface area contributed by atoms with Crippen LogP contribution < -0.4 is 0 Å². The van der Waals surface area contributed by atoms with Crippen molar-refractivity contribution in [3.63, 3.8) is 0 Å². The predicted octanol–water partition coefficient (Wildman–Crippen LogP) is 7.66. The van der Waals surface area contributed by atoms with Crippen LogP contribution in [0.3, 0.4) is 0 Å². The van der Waals surface area contributed by atoms with Crippen molar-refractivity contribution in [3.05, 3.63) is 137 Å². The summed E-state index contributed by atoms with van der Waals surface area (Å²) in [5.74, 6) is 0.261. The lowest BCUT2D eigenvalue weighted by Gasteiger charge is -2.09. The molecule has 4 aromatic rings. The molecule has 0 radical (unpaired) electrons. The Morgan fingerprint density at radius 3 is 1.46 bits per heavy atom. The normalized spacial score (nSPS) is 11.6. The van der Waals surface area contributed by atoms with Gasteiger partial charge in [-0.15, -0.1) is 0 Å². The van der Waals surface area contributed by atoms with E-state index >= 15 is 0 Å². The topological polar surface area (TPSA) is 93.1 Å². The summed E-state index contributed by atoms with van der Waals surface area (Å²) < 4.78 is 30.4. The van der Waals surface area contributed by atoms with E-state index in [-0.39, 0.29) is 12.4 Å². The molecule has 0 amide bonds. The molecule has 2 N–H and O–H groups in total. The van der Waals surface area contributed by atoms with Crippen LogP contribution in [-0.2, 0) is 19.6 Å². The summed E-state index contributed by atoms with van der Waals surface area (Å²) in [7, 11) is -4.41. The van der Waals surface area contributed by atoms with Gasteiger partial charge in [0.2, 0.25) is 0 Å². The van der Waals surface area contributed by atoms with Crippen LogP contribution in [0.15, 0.2) is 103 Å². The van der Waals surface area contributed by atoms with Crippen LogP contribution in [-0.4, -0.2) is 24.7 Å². The second-order valence-corrected chi connectivity index (χ2v) is 9.13. The van der Waals surface area contributed by atoms with Crippen molar-refractivity contribution in [2.45, 2.75) is 6.92 Å². The van der Waals surface area contributed by atoms with E-state index in [9.17, 15) is 13.5 Å². The third-order valence-corrected chi connectivity index (χ3v) is 5.56. The molecule has 0 saturated heterocycles. The van der Waals surface area contributed by atoms with E-state index in [1.807, 2.05) is 84.9 Å². The first-order valence-corrected chi connectivity index (χ1v) is 13.6. The van der Waals surface area contributed by atoms with Crippen LogP contribution in [0.25, 0.3) is 36.5 Å². The van der Waals surface area contributed by atoms with Gasteiger partial charge in [0.15, 0.2) is 0 Å². The number of hydrogen-bond donors (Lipinski definition) is 2. The highest BCUT2D eigenvalue weighted by Gasteiger charge is 2.08. The van der Waals surface area contributed by atoms with Gasteiger partial charge in [-0.05, 0) is 40.8 Å². The lowest BCUT2D eigenvalue weighted by Crippen LogP contribution is -2.03. The van der Waals surface area contributed by atoms with Crippen LogP contribution in [0.4, 0.5) is 0 Å². The summed E-state index contributed by atoms with van der Waals surface area (Å²) >= 11 is 0. The second-order valence-electron chi connectivity index (χ2n) is 8.14. The molecule has 0 bridgehead atoms. The van der Waals surface area contributed by atoms with Gasteiger partial charge in [-0.3, -0.25) is 4.55 Å². The first-order valence-electron chi connectivity index (χ1n) is 12.2. The molecular weight excluding hydrogens is 512 g/mol. The molecule has 0 aliphatic heterocycles. The molecule has 0 atom stereocenters. The maximum absolute atomic E-state index is 10.7. The van der Waals surface area contributed by atoms with Crippen molar-refractivity contribution in [1.29, 1.82) is 0 Å². The fourth-order valence-corrected chi connectivity index (χ4v) is 3.71. The summed E-state index contributed by atoms with van der Waals surface area (Å²) in [6, 6.07) is 34.2. The van der Waals surface area contributed by atoms with E-state index in [0.29, 0.717) is 0 Å². The first kappa shape index (κ1) is 29.3. The van der Waals surface area contributed by atoms with Crippen LogP contribution >= 0.6 is 0 Å². The molecule has 4 aromatic carbocycles. The number of rotatable bonds is 9. The van der Waals surface area contributed by atoms with Gasteiger partial charge in [-0.25, -0.2) is 4.89 Å². The number of hydrogen-bond acceptors (Lipinski definition) is 5. The van der Waals surface area contributed by atoms with Gasteiger partial charge in [-0.1, -0.05) is 138 Å². The molecule has 0 heterocycles. The highest BCUT2D eigenvalue weighted by Crippen LogP contribution is 2.30. The largest absolute Gasteiger partial charge is 0.507 e. The zero-order valence-electron chi connectivity index (χ0n) is 21.4. The highest BCUT2D eigenvalue weighted by molar-refractivity contribution is 7.80. The number of benzene rings is 4. The van der Waals surface area contributed by atoms with Gasteiger partial charge in [0.05, 0.1) is 6.61 Å². The average Bonchev–Trinajstić information content (AvgIpc) is 2.95. The summed E-state index contributed by atoms with van der Waals surface area (Å²) in [6.45, 7) is 1.59. The Morgan fingerprint density at radius 2 is 1.05 bits per heavy atom. The quantitative estimate of drug-likeness (QED) is 0.0976. The Kier molecular flexibility index (Phi) is 11.4. The van der Waals surface area contributed by atoms with Crippen molar-refractivity contribution >= 4 is 46.9 Å². The molecule has 7 heteroatoms. The summed E-state index contributed by atoms with van der Waals surface area (Å²) in [6.07, 6.45) is 12.4. The molecule has 0 aliphatic rings. The number of aromatic hydroxyl groups is 1. The Balaban J connectivity index is 0.000000459. The molecule has 0 spiro atoms. The predicted molar refractivity (Wildman–Crippen MR) is 158 cm³/mol. The molecule has 0 fully saturated rings. The molecular formula is C32H30O6S. The minimum Gasteiger partial charge on any atom is -0.507 e. The van der Waals surface area contributed by atoms with Crippen molar-refractivity contribution in [2.24, 2.45) is 0 Å². The maximum Gasteiger partial charge on any atom is 0.424 e. The third-order valence-electron chi connectivity index (χ3n) is 5.29. The molecule has 0 aliphatic carbocycles. The smallest absolute Gasteiger partial charge is 0.424 e. The van der Waals surface area contributed by atoms with Crippen molar-refractivity contribution in [3.8, 4) is 5.75 Å². The molecule has 4 rings (SSSR count). The van der Waals surface area contributed by atoms with E-state index in [1.54, 1.807) is 6.07 Å². The van der Waals surface area contributed by atoms with Gasteiger partial charge < -0.3 is 5.11 Å². The van der Waals surface area contributed by atoms with Gasteiger partial charge in [-0.2, -0.15) is 8.42 Å². The first-order chi connectivity index (χ1) is 18.9. The summed E-state index contributed by atoms with van der Waals surface area (Å²) in [5.41, 5.74) is 6.15. The third kappa shape index (κ3) is 10.6. The Bertz CT molecular complexity index is 1490. The monoisotopic (exact) mass is 542 g/mol. The van der Waals surface area contributed by atoms with Gasteiger partial charge >= 0.3 is 10.4 Å². The Morgan fingerprint density at radius 1 is 0.615 bits per heavy atom. The van der Waals surface area contributed by atoms with E-state index in [1.165, 1.54) is 6.92 Å². The summed E-state index contributed by atoms with van der Waals surface area (Å²) in [5, 5.41) is 10.7. The van der Waals surface area contributed by atoms with Crippen LogP contribution in [0.1, 0.15) is 40.3 Å². The Hall–Kier alpha value is -4.27. The lowest BCUT2D eigenvalue weighted by atomic mass is 9.96. The second kappa shape index (κ2) is 15.2. The lowest BCUT2D eigenvalue weighted by molar-refractivity contribution is -0.203. The maximum atomic E-state index is 10.7. The average molecular weight is 543 g/mol. The van der Waals surface area contributed by atoms with E-state index in [4.69, 9.17) is 4.55 Å². The van der Waals surface area contributed by atoms with Gasteiger partial charge in [0.1, 0.15) is 5.75 Å². The Labute approximate surface area is 229 Å². The standard InChI is InChI=1S/C30H24O.C2H6O5S/c31-30-23-20-27(19-16-24-10-4-1-5-11-24)28(21-17-25-12-6-2-7-13-25)29(30)22-18-26-14-8-3-9-15-26;1-2-6-7-8(3,4)5/h1-23,31H;2H2,1H3,(H,3,4,5)/b19-16+,21-17+,22-18+;. The van der Waals surface area contributed by atoms with E-state index in [0.717, 1.165) is 33.4 Å². The molecule has 0 unspecified atom stereocenters. The van der Waals surface area contributed by atoms with Gasteiger partial charge in [0, 0.05) is 5.56 Å². The van der Waals surface area contributed by atoms with Crippen molar-refractivity contribution < 1.29 is 27.3 Å². The minimum atomic E-state index is -4.41. The van der Waals surface area contributed by atoms with Gasteiger partial charge in [0.25, 0.3) is 0 Å². The summed E-state index contributed by atoms with van der Waals surface area (Å²) in [4.78, 5) is 3.86. The number of phenolic OH excluding ortho intramolecular Hbond substituents is 1. The molecule has 39 heavy (non-hydrogen) atoms. The van der Waals surface area contributed by atoms with Crippen LogP contribution in [0.5, 0.6) is 5.75 Å². The SMILES string of the molecule is CCOOS(=O)(=O)O.Oc1ccc(/C=C/c2ccccc2)c(/C=C/c2ccccc2)c1/C=C/c1ccccc1. The van der Waals surface area contributed by atoms with Crippen LogP contribution in [0.2, 0.25) is 0 Å². The fourth-order valence-electron chi connectivity index (χ4n) is 3.49. The molecule has 200 valence electrons. The van der Waals surface area contributed by atoms with E-state index in [2.05, 4.69) is 57.8 Å². The zero-order valence-corrected chi connectivity index (χ0v) is 22.2. The fraction of sp³-hybridized carbons (Fsp3) is 0.0625. The van der Waals surface area contributed by atoms with E-state index < -0.39 is 10.4 Å². The van der Waals surface area contributed by atoms with Crippen molar-refractivity contribution in [1.82, 2.24) is 0 Å².